The van der Waals surface area contributed by atoms with Gasteiger partial charge in [0, 0.05) is 0 Å². The Balaban J connectivity index is 2.12. The van der Waals surface area contributed by atoms with Crippen molar-refractivity contribution in [2.75, 3.05) is 0 Å². The van der Waals surface area contributed by atoms with E-state index in [1.165, 1.54) is 0 Å². The first-order valence-electron chi connectivity index (χ1n) is 4.49. The molecule has 1 aromatic heterocycles. The average molecular weight is 224 g/mol. The predicted molar refractivity (Wildman–Crippen MR) is 47.7 cm³/mol. The molecular weight excluding hydrogens is 216 g/mol. The van der Waals surface area contributed by atoms with E-state index in [1.807, 2.05) is 5.32 Å². The second kappa shape index (κ2) is 3.72. The van der Waals surface area contributed by atoms with Gasteiger partial charge in [0.25, 0.3) is 0 Å². The summed E-state index contributed by atoms with van der Waals surface area (Å²) >= 11 is 0. The number of carbonyl (C=O) groups is 3. The Morgan fingerprint density at radius 3 is 2.75 bits per heavy atom. The Morgan fingerprint density at radius 1 is 1.44 bits per heavy atom. The Morgan fingerprint density at radius 2 is 2.19 bits per heavy atom. The van der Waals surface area contributed by atoms with Crippen molar-refractivity contribution < 1.29 is 18.9 Å². The molecule has 4 amide bonds. The number of urea groups is 1. The molecule has 0 radical (unpaired) electrons. The van der Waals surface area contributed by atoms with Gasteiger partial charge in [-0.1, -0.05) is 5.16 Å². The summed E-state index contributed by atoms with van der Waals surface area (Å²) in [6.45, 7) is 1.49. The molecule has 2 heterocycles. The van der Waals surface area contributed by atoms with Crippen LogP contribution in [0.15, 0.2) is 4.52 Å². The first-order chi connectivity index (χ1) is 7.56. The highest BCUT2D eigenvalue weighted by Crippen LogP contribution is 2.08. The van der Waals surface area contributed by atoms with Crippen molar-refractivity contribution >= 4 is 17.8 Å². The number of barbiturate groups is 1. The van der Waals surface area contributed by atoms with Crippen LogP contribution in [-0.4, -0.2) is 32.9 Å². The van der Waals surface area contributed by atoms with E-state index in [2.05, 4.69) is 10.1 Å². The average Bonchev–Trinajstić information content (AvgIpc) is 2.58. The van der Waals surface area contributed by atoms with Gasteiger partial charge >= 0.3 is 6.03 Å². The van der Waals surface area contributed by atoms with Crippen molar-refractivity contribution in [2.45, 2.75) is 19.9 Å². The number of carbonyl (C=O) groups excluding carboxylic acids is 3. The van der Waals surface area contributed by atoms with Gasteiger partial charge < -0.3 is 4.52 Å². The summed E-state index contributed by atoms with van der Waals surface area (Å²) in [5, 5.41) is 5.55. The van der Waals surface area contributed by atoms with Crippen molar-refractivity contribution in [3.63, 3.8) is 0 Å². The molecule has 0 aliphatic carbocycles. The van der Waals surface area contributed by atoms with Gasteiger partial charge in [-0.2, -0.15) is 4.98 Å². The number of aromatic nitrogens is 2. The lowest BCUT2D eigenvalue weighted by Gasteiger charge is -2.22. The third-order valence-electron chi connectivity index (χ3n) is 1.97. The molecule has 84 valence electrons. The van der Waals surface area contributed by atoms with Gasteiger partial charge in [-0.05, 0) is 6.92 Å². The molecule has 0 aromatic carbocycles. The molecule has 1 fully saturated rings. The third-order valence-corrected chi connectivity index (χ3v) is 1.97. The first kappa shape index (κ1) is 10.3. The quantitative estimate of drug-likeness (QED) is 0.669. The molecular formula is C8H8N4O4. The summed E-state index contributed by atoms with van der Waals surface area (Å²) in [6.07, 6.45) is -0.348. The van der Waals surface area contributed by atoms with Crippen molar-refractivity contribution in [3.05, 3.63) is 11.7 Å². The Kier molecular flexibility index (Phi) is 2.39. The van der Waals surface area contributed by atoms with E-state index in [0.29, 0.717) is 5.82 Å². The molecule has 0 spiro atoms. The Hall–Kier alpha value is -2.25. The minimum absolute atomic E-state index is 0.126. The van der Waals surface area contributed by atoms with Crippen LogP contribution < -0.4 is 5.32 Å². The van der Waals surface area contributed by atoms with Crippen molar-refractivity contribution in [3.8, 4) is 0 Å². The fraction of sp³-hybridized carbons (Fsp3) is 0.375. The number of hydrogen-bond acceptors (Lipinski definition) is 6. The van der Waals surface area contributed by atoms with Crippen LogP contribution in [0.3, 0.4) is 0 Å². The van der Waals surface area contributed by atoms with Crippen LogP contribution in [0.1, 0.15) is 18.1 Å². The third kappa shape index (κ3) is 1.90. The second-order valence-corrected chi connectivity index (χ2v) is 3.25. The normalized spacial score (nSPS) is 16.6. The molecule has 0 unspecified atom stereocenters. The fourth-order valence-corrected chi connectivity index (χ4v) is 1.28. The first-order valence-corrected chi connectivity index (χ1v) is 4.49. The molecule has 1 N–H and O–H groups in total. The number of imide groups is 2. The van der Waals surface area contributed by atoms with Gasteiger partial charge in [0.2, 0.25) is 17.7 Å². The van der Waals surface area contributed by atoms with Crippen LogP contribution in [0.25, 0.3) is 0 Å². The standard InChI is InChI=1S/C8H8N4O4/c1-4-9-6(16-11-4)3-12-7(14)2-5(13)10-8(12)15/h2-3H2,1H3,(H,10,13,15). The summed E-state index contributed by atoms with van der Waals surface area (Å²) in [7, 11) is 0. The summed E-state index contributed by atoms with van der Waals surface area (Å²) in [5.74, 6) is -0.621. The lowest BCUT2D eigenvalue weighted by molar-refractivity contribution is -0.136. The minimum atomic E-state index is -0.767. The van der Waals surface area contributed by atoms with Gasteiger partial charge in [-0.15, -0.1) is 0 Å². The monoisotopic (exact) mass is 224 g/mol. The van der Waals surface area contributed by atoms with Gasteiger partial charge in [-0.3, -0.25) is 19.8 Å². The molecule has 0 atom stereocenters. The summed E-state index contributed by atoms with van der Waals surface area (Å²) in [6, 6.07) is -0.767. The van der Waals surface area contributed by atoms with Crippen LogP contribution in [0.5, 0.6) is 0 Å². The second-order valence-electron chi connectivity index (χ2n) is 3.25. The van der Waals surface area contributed by atoms with E-state index in [4.69, 9.17) is 4.52 Å². The van der Waals surface area contributed by atoms with Gasteiger partial charge in [0.05, 0.1) is 0 Å². The summed E-state index contributed by atoms with van der Waals surface area (Å²) in [5.41, 5.74) is 0. The summed E-state index contributed by atoms with van der Waals surface area (Å²) < 4.78 is 4.77. The SMILES string of the molecule is Cc1noc(CN2C(=O)CC(=O)NC2=O)n1. The van der Waals surface area contributed by atoms with E-state index in [1.54, 1.807) is 6.92 Å². The number of rotatable bonds is 2. The molecule has 1 aliphatic rings. The van der Waals surface area contributed by atoms with Crippen LogP contribution in [0.4, 0.5) is 4.79 Å². The van der Waals surface area contributed by atoms with E-state index < -0.39 is 17.8 Å². The zero-order valence-corrected chi connectivity index (χ0v) is 8.39. The van der Waals surface area contributed by atoms with Crippen molar-refractivity contribution in [1.29, 1.82) is 0 Å². The zero-order valence-electron chi connectivity index (χ0n) is 8.39. The molecule has 2 rings (SSSR count). The number of aryl methyl sites for hydroxylation is 1. The van der Waals surface area contributed by atoms with Gasteiger partial charge in [-0.25, -0.2) is 4.79 Å². The highest BCUT2D eigenvalue weighted by Gasteiger charge is 2.31. The fourth-order valence-electron chi connectivity index (χ4n) is 1.28. The van der Waals surface area contributed by atoms with Crippen LogP contribution >= 0.6 is 0 Å². The topological polar surface area (TPSA) is 105 Å². The molecule has 0 bridgehead atoms. The van der Waals surface area contributed by atoms with E-state index in [9.17, 15) is 14.4 Å². The number of nitrogens with zero attached hydrogens (tertiary/aromatic N) is 3. The molecule has 1 aliphatic heterocycles. The van der Waals surface area contributed by atoms with Gasteiger partial charge in [0.15, 0.2) is 5.82 Å². The lowest BCUT2D eigenvalue weighted by atomic mass is 10.3. The molecule has 8 nitrogen and oxygen atoms in total. The zero-order chi connectivity index (χ0) is 11.7. The van der Waals surface area contributed by atoms with E-state index in [-0.39, 0.29) is 18.9 Å². The number of hydrogen-bond donors (Lipinski definition) is 1. The molecule has 16 heavy (non-hydrogen) atoms. The van der Waals surface area contributed by atoms with E-state index >= 15 is 0 Å². The highest BCUT2D eigenvalue weighted by atomic mass is 16.5. The molecule has 1 saturated heterocycles. The van der Waals surface area contributed by atoms with Crippen LogP contribution in [-0.2, 0) is 16.1 Å². The van der Waals surface area contributed by atoms with Gasteiger partial charge in [0.1, 0.15) is 13.0 Å². The predicted octanol–water partition coefficient (Wildman–Crippen LogP) is -0.653. The van der Waals surface area contributed by atoms with Crippen molar-refractivity contribution in [2.24, 2.45) is 0 Å². The minimum Gasteiger partial charge on any atom is -0.337 e. The molecule has 0 saturated carbocycles. The van der Waals surface area contributed by atoms with Crippen molar-refractivity contribution in [1.82, 2.24) is 20.4 Å². The highest BCUT2D eigenvalue weighted by molar-refractivity contribution is 6.13. The molecule has 8 heteroatoms. The maximum Gasteiger partial charge on any atom is 0.331 e. The summed E-state index contributed by atoms with van der Waals surface area (Å²) in [4.78, 5) is 38.3. The Labute approximate surface area is 89.6 Å². The lowest BCUT2D eigenvalue weighted by Crippen LogP contribution is -2.52. The smallest absolute Gasteiger partial charge is 0.331 e. The molecule has 1 aromatic rings. The van der Waals surface area contributed by atoms with Crippen LogP contribution in [0.2, 0.25) is 0 Å². The van der Waals surface area contributed by atoms with E-state index in [0.717, 1.165) is 4.90 Å². The largest absolute Gasteiger partial charge is 0.337 e. The maximum atomic E-state index is 11.4. The maximum absolute atomic E-state index is 11.4. The van der Waals surface area contributed by atoms with Crippen LogP contribution in [0, 0.1) is 6.92 Å². The number of amides is 4. The number of nitrogens with one attached hydrogen (secondary N) is 1. The Bertz CT molecular complexity index is 446.